The van der Waals surface area contributed by atoms with E-state index in [2.05, 4.69) is 5.32 Å². The molecule has 0 aliphatic heterocycles. The van der Waals surface area contributed by atoms with Crippen molar-refractivity contribution in [3.8, 4) is 0 Å². The maximum atomic E-state index is 12.9. The number of carbonyl (C=O) groups is 1. The van der Waals surface area contributed by atoms with Crippen molar-refractivity contribution in [2.24, 2.45) is 0 Å². The van der Waals surface area contributed by atoms with E-state index in [1.165, 1.54) is 12.3 Å². The van der Waals surface area contributed by atoms with E-state index in [-0.39, 0.29) is 13.1 Å². The second kappa shape index (κ2) is 9.86. The minimum absolute atomic E-state index is 0.0345. The van der Waals surface area contributed by atoms with Crippen molar-refractivity contribution >= 4 is 22.0 Å². The average molecular weight is 410 g/mol. The number of nitrogens with one attached hydrogen (secondary N) is 1. The van der Waals surface area contributed by atoms with Crippen LogP contribution in [0, 0.1) is 0 Å². The molecule has 0 fully saturated rings. The van der Waals surface area contributed by atoms with Crippen LogP contribution >= 0.6 is 0 Å². The van der Waals surface area contributed by atoms with Crippen molar-refractivity contribution in [2.45, 2.75) is 13.1 Å². The second-order valence-corrected chi connectivity index (χ2v) is 8.19. The van der Waals surface area contributed by atoms with Gasteiger partial charge in [-0.05, 0) is 29.3 Å². The van der Waals surface area contributed by atoms with Gasteiger partial charge in [0.15, 0.2) is 0 Å². The summed E-state index contributed by atoms with van der Waals surface area (Å²) in [7, 11) is -3.84. The van der Waals surface area contributed by atoms with Gasteiger partial charge in [-0.25, -0.2) is 8.42 Å². The van der Waals surface area contributed by atoms with Crippen molar-refractivity contribution < 1.29 is 17.6 Å². The molecule has 6 nitrogen and oxygen atoms in total. The highest BCUT2D eigenvalue weighted by atomic mass is 32.2. The fourth-order valence-electron chi connectivity index (χ4n) is 2.64. The molecule has 0 saturated heterocycles. The van der Waals surface area contributed by atoms with Crippen LogP contribution in [-0.2, 0) is 27.9 Å². The zero-order valence-corrected chi connectivity index (χ0v) is 16.6. The van der Waals surface area contributed by atoms with E-state index in [1.54, 1.807) is 24.3 Å². The van der Waals surface area contributed by atoms with Crippen molar-refractivity contribution in [1.29, 1.82) is 0 Å². The normalized spacial score (nSPS) is 11.8. The molecule has 0 bridgehead atoms. The highest BCUT2D eigenvalue weighted by molar-refractivity contribution is 7.92. The zero-order chi connectivity index (χ0) is 20.5. The molecular weight excluding hydrogens is 388 g/mol. The number of hydrogen-bond donors (Lipinski definition) is 1. The molecule has 1 aromatic heterocycles. The molecule has 0 radical (unpaired) electrons. The Hall–Kier alpha value is -3.16. The molecule has 2 aromatic carbocycles. The van der Waals surface area contributed by atoms with E-state index in [1.807, 2.05) is 48.5 Å². The molecule has 0 atom stereocenters. The van der Waals surface area contributed by atoms with E-state index in [4.69, 9.17) is 4.42 Å². The number of sulfonamides is 1. The molecule has 150 valence electrons. The Morgan fingerprint density at radius 1 is 0.966 bits per heavy atom. The van der Waals surface area contributed by atoms with E-state index < -0.39 is 15.9 Å². The Balaban J connectivity index is 1.71. The third kappa shape index (κ3) is 6.44. The number of benzene rings is 2. The molecule has 1 N–H and O–H groups in total. The lowest BCUT2D eigenvalue weighted by molar-refractivity contribution is -0.121. The lowest BCUT2D eigenvalue weighted by Crippen LogP contribution is -2.39. The maximum absolute atomic E-state index is 12.9. The molecule has 0 aliphatic rings. The molecule has 1 amide bonds. The molecule has 7 heteroatoms. The summed E-state index contributed by atoms with van der Waals surface area (Å²) >= 11 is 0. The first kappa shape index (κ1) is 20.6. The van der Waals surface area contributed by atoms with Gasteiger partial charge in [0.2, 0.25) is 15.9 Å². The summed E-state index contributed by atoms with van der Waals surface area (Å²) in [6.07, 6.45) is 2.97. The largest absolute Gasteiger partial charge is 0.468 e. The Morgan fingerprint density at radius 2 is 1.66 bits per heavy atom. The molecule has 0 unspecified atom stereocenters. The fourth-order valence-corrected chi connectivity index (χ4v) is 3.75. The van der Waals surface area contributed by atoms with Gasteiger partial charge in [-0.2, -0.15) is 4.31 Å². The monoisotopic (exact) mass is 410 g/mol. The van der Waals surface area contributed by atoms with Gasteiger partial charge in [-0.15, -0.1) is 0 Å². The van der Waals surface area contributed by atoms with Gasteiger partial charge >= 0.3 is 0 Å². The van der Waals surface area contributed by atoms with Gasteiger partial charge < -0.3 is 9.73 Å². The van der Waals surface area contributed by atoms with Crippen molar-refractivity contribution in [2.75, 3.05) is 6.54 Å². The quantitative estimate of drug-likeness (QED) is 0.586. The minimum atomic E-state index is -3.84. The maximum Gasteiger partial charge on any atom is 0.237 e. The Bertz CT molecular complexity index is 1030. The lowest BCUT2D eigenvalue weighted by atomic mass is 10.2. The summed E-state index contributed by atoms with van der Waals surface area (Å²) in [5.41, 5.74) is 1.69. The number of carbonyl (C=O) groups excluding carboxylic acids is 1. The Morgan fingerprint density at radius 3 is 2.31 bits per heavy atom. The summed E-state index contributed by atoms with van der Waals surface area (Å²) in [6, 6.07) is 21.9. The SMILES string of the molecule is O=C(CN(Cc1ccco1)S(=O)(=O)C=Cc1ccccc1)NCc1ccccc1. The third-order valence-corrected chi connectivity index (χ3v) is 5.61. The minimum Gasteiger partial charge on any atom is -0.468 e. The van der Waals surface area contributed by atoms with Crippen LogP contribution in [-0.4, -0.2) is 25.2 Å². The zero-order valence-electron chi connectivity index (χ0n) is 15.8. The van der Waals surface area contributed by atoms with Crippen LogP contribution in [0.2, 0.25) is 0 Å². The van der Waals surface area contributed by atoms with E-state index in [0.717, 1.165) is 20.8 Å². The van der Waals surface area contributed by atoms with Gasteiger partial charge in [0.1, 0.15) is 5.76 Å². The summed E-state index contributed by atoms with van der Waals surface area (Å²) in [6.45, 7) is -0.0175. The molecule has 29 heavy (non-hydrogen) atoms. The van der Waals surface area contributed by atoms with Crippen molar-refractivity contribution in [3.63, 3.8) is 0 Å². The predicted octanol–water partition coefficient (Wildman–Crippen LogP) is 3.40. The van der Waals surface area contributed by atoms with Crippen LogP contribution in [0.1, 0.15) is 16.9 Å². The number of amides is 1. The molecule has 0 aliphatic carbocycles. The highest BCUT2D eigenvalue weighted by Crippen LogP contribution is 2.13. The Labute approximate surface area is 170 Å². The van der Waals surface area contributed by atoms with Gasteiger partial charge in [0.05, 0.1) is 19.4 Å². The first-order chi connectivity index (χ1) is 14.0. The third-order valence-electron chi connectivity index (χ3n) is 4.16. The molecular formula is C22H22N2O4S. The summed E-state index contributed by atoms with van der Waals surface area (Å²) in [4.78, 5) is 12.4. The van der Waals surface area contributed by atoms with Crippen LogP contribution < -0.4 is 5.32 Å². The summed E-state index contributed by atoms with van der Waals surface area (Å²) in [5.74, 6) is 0.0645. The molecule has 0 saturated carbocycles. The molecule has 1 heterocycles. The van der Waals surface area contributed by atoms with E-state index >= 15 is 0 Å². The standard InChI is InChI=1S/C22H22N2O4S/c25-22(23-16-20-10-5-2-6-11-20)18-24(17-21-12-7-14-28-21)29(26,27)15-13-19-8-3-1-4-9-19/h1-15H,16-18H2,(H,23,25). The smallest absolute Gasteiger partial charge is 0.237 e. The molecule has 0 spiro atoms. The van der Waals surface area contributed by atoms with Crippen LogP contribution in [0.15, 0.2) is 88.9 Å². The summed E-state index contributed by atoms with van der Waals surface area (Å²) < 4.78 is 32.1. The van der Waals surface area contributed by atoms with E-state index in [0.29, 0.717) is 12.3 Å². The predicted molar refractivity (Wildman–Crippen MR) is 112 cm³/mol. The second-order valence-electron chi connectivity index (χ2n) is 6.37. The first-order valence-electron chi connectivity index (χ1n) is 9.09. The first-order valence-corrected chi connectivity index (χ1v) is 10.6. The Kier molecular flexibility index (Phi) is 6.99. The van der Waals surface area contributed by atoms with Gasteiger partial charge in [0, 0.05) is 12.0 Å². The molecule has 3 aromatic rings. The topological polar surface area (TPSA) is 79.6 Å². The number of furan rings is 1. The van der Waals surface area contributed by atoms with Crippen LogP contribution in [0.3, 0.4) is 0 Å². The highest BCUT2D eigenvalue weighted by Gasteiger charge is 2.23. The van der Waals surface area contributed by atoms with Crippen molar-refractivity contribution in [1.82, 2.24) is 9.62 Å². The molecule has 3 rings (SSSR count). The van der Waals surface area contributed by atoms with Gasteiger partial charge in [-0.1, -0.05) is 60.7 Å². The number of nitrogens with zero attached hydrogens (tertiary/aromatic N) is 1. The van der Waals surface area contributed by atoms with E-state index in [9.17, 15) is 13.2 Å². The summed E-state index contributed by atoms with van der Waals surface area (Å²) in [5, 5.41) is 3.86. The number of hydrogen-bond acceptors (Lipinski definition) is 4. The van der Waals surface area contributed by atoms with Gasteiger partial charge in [-0.3, -0.25) is 4.79 Å². The number of rotatable bonds is 9. The average Bonchev–Trinajstić information content (AvgIpc) is 3.25. The van der Waals surface area contributed by atoms with Crippen LogP contribution in [0.25, 0.3) is 6.08 Å². The van der Waals surface area contributed by atoms with Crippen LogP contribution in [0.5, 0.6) is 0 Å². The van der Waals surface area contributed by atoms with Crippen molar-refractivity contribution in [3.05, 3.63) is 101 Å². The fraction of sp³-hybridized carbons (Fsp3) is 0.136. The van der Waals surface area contributed by atoms with Crippen LogP contribution in [0.4, 0.5) is 0 Å². The lowest BCUT2D eigenvalue weighted by Gasteiger charge is -2.19. The van der Waals surface area contributed by atoms with Gasteiger partial charge in [0.25, 0.3) is 0 Å².